The van der Waals surface area contributed by atoms with Crippen LogP contribution in [0.5, 0.6) is 0 Å². The van der Waals surface area contributed by atoms with Crippen LogP contribution in [0.3, 0.4) is 0 Å². The molecule has 102 valence electrons. The van der Waals surface area contributed by atoms with Crippen LogP contribution in [0.1, 0.15) is 10.6 Å². The Morgan fingerprint density at radius 1 is 1.20 bits per heavy atom. The topological polar surface area (TPSA) is 90.6 Å². The van der Waals surface area contributed by atoms with E-state index in [0.717, 1.165) is 11.4 Å². The fourth-order valence-electron chi connectivity index (χ4n) is 1.90. The molecule has 7 heteroatoms. The van der Waals surface area contributed by atoms with Crippen molar-refractivity contribution >= 4 is 28.1 Å². The van der Waals surface area contributed by atoms with Crippen LogP contribution in [0.2, 0.25) is 0 Å². The molecule has 0 atom stereocenters. The van der Waals surface area contributed by atoms with E-state index < -0.39 is 11.1 Å². The van der Waals surface area contributed by atoms with Crippen LogP contribution >= 0.6 is 11.3 Å². The normalized spacial score (nSPS) is 10.8. The Morgan fingerprint density at radius 3 is 2.65 bits per heavy atom. The van der Waals surface area contributed by atoms with Crippen LogP contribution < -0.4 is 16.4 Å². The molecule has 2 aromatic heterocycles. The summed E-state index contributed by atoms with van der Waals surface area (Å²) in [6.45, 7) is 2.64. The number of hydrogen-bond acceptors (Lipinski definition) is 5. The summed E-state index contributed by atoms with van der Waals surface area (Å²) in [7, 11) is 0. The number of fused-ring (bicyclic) bond motifs is 1. The van der Waals surface area contributed by atoms with E-state index >= 15 is 0 Å². The average molecular weight is 288 g/mol. The Morgan fingerprint density at radius 2 is 1.95 bits per heavy atom. The van der Waals surface area contributed by atoms with E-state index in [-0.39, 0.29) is 0 Å². The predicted molar refractivity (Wildman–Crippen MR) is 79.4 cm³/mol. The van der Waals surface area contributed by atoms with Gasteiger partial charge >= 0.3 is 11.1 Å². The van der Waals surface area contributed by atoms with Crippen molar-refractivity contribution in [3.05, 3.63) is 55.0 Å². The third kappa shape index (κ3) is 2.35. The molecule has 0 saturated carbocycles. The van der Waals surface area contributed by atoms with Gasteiger partial charge in [-0.25, -0.2) is 4.98 Å². The third-order valence-electron chi connectivity index (χ3n) is 3.02. The molecule has 0 aliphatic rings. The van der Waals surface area contributed by atoms with Crippen LogP contribution in [0.4, 0.5) is 5.69 Å². The van der Waals surface area contributed by atoms with E-state index in [1.165, 1.54) is 4.88 Å². The fraction of sp³-hybridized carbons (Fsp3) is 0.154. The van der Waals surface area contributed by atoms with E-state index in [1.807, 2.05) is 18.5 Å². The van der Waals surface area contributed by atoms with Gasteiger partial charge in [-0.3, -0.25) is 9.59 Å². The van der Waals surface area contributed by atoms with Crippen molar-refractivity contribution in [3.8, 4) is 0 Å². The lowest BCUT2D eigenvalue weighted by molar-refractivity contribution is 1.12. The summed E-state index contributed by atoms with van der Waals surface area (Å²) in [6, 6.07) is 5.41. The SMILES string of the molecule is Cc1ncsc1CNc1ccc2[nH]c(=O)c(=O)[nH]c2c1. The smallest absolute Gasteiger partial charge is 0.314 e. The highest BCUT2D eigenvalue weighted by Crippen LogP contribution is 2.17. The van der Waals surface area contributed by atoms with Crippen LogP contribution in [-0.4, -0.2) is 15.0 Å². The molecule has 3 rings (SSSR count). The van der Waals surface area contributed by atoms with E-state index in [1.54, 1.807) is 23.5 Å². The van der Waals surface area contributed by atoms with Gasteiger partial charge in [0.15, 0.2) is 0 Å². The zero-order chi connectivity index (χ0) is 14.1. The molecule has 0 bridgehead atoms. The number of H-pyrrole nitrogens is 2. The summed E-state index contributed by atoms with van der Waals surface area (Å²) in [5.41, 5.74) is 3.62. The van der Waals surface area contributed by atoms with Gasteiger partial charge in [0.05, 0.1) is 28.8 Å². The maximum Gasteiger partial charge on any atom is 0.314 e. The molecule has 20 heavy (non-hydrogen) atoms. The standard InChI is InChI=1S/C13H12N4O2S/c1-7-11(20-6-15-7)5-14-8-2-3-9-10(4-8)17-13(19)12(18)16-9/h2-4,6,14H,5H2,1H3,(H,16,18)(H,17,19). The number of nitrogens with one attached hydrogen (secondary N) is 3. The van der Waals surface area contributed by atoms with Crippen LogP contribution in [0.15, 0.2) is 33.3 Å². The van der Waals surface area contributed by atoms with Crippen molar-refractivity contribution in [2.45, 2.75) is 13.5 Å². The highest BCUT2D eigenvalue weighted by atomic mass is 32.1. The number of benzene rings is 1. The maximum absolute atomic E-state index is 11.3. The Balaban J connectivity index is 1.89. The minimum Gasteiger partial charge on any atom is -0.380 e. The zero-order valence-electron chi connectivity index (χ0n) is 10.7. The van der Waals surface area contributed by atoms with Gasteiger partial charge in [0, 0.05) is 10.6 Å². The molecule has 3 aromatic rings. The quantitative estimate of drug-likeness (QED) is 0.638. The molecule has 0 aliphatic heterocycles. The second kappa shape index (κ2) is 4.93. The average Bonchev–Trinajstić information content (AvgIpc) is 2.83. The molecule has 0 amide bonds. The van der Waals surface area contributed by atoms with Gasteiger partial charge in [0.25, 0.3) is 0 Å². The van der Waals surface area contributed by atoms with E-state index in [4.69, 9.17) is 0 Å². The molecule has 0 saturated heterocycles. The lowest BCUT2D eigenvalue weighted by atomic mass is 10.2. The summed E-state index contributed by atoms with van der Waals surface area (Å²) in [4.78, 5) is 33.0. The largest absolute Gasteiger partial charge is 0.380 e. The Hall–Kier alpha value is -2.41. The zero-order valence-corrected chi connectivity index (χ0v) is 11.5. The van der Waals surface area contributed by atoms with Crippen molar-refractivity contribution in [1.82, 2.24) is 15.0 Å². The summed E-state index contributed by atoms with van der Waals surface area (Å²) in [5, 5.41) is 3.27. The lowest BCUT2D eigenvalue weighted by Gasteiger charge is -2.06. The van der Waals surface area contributed by atoms with Crippen LogP contribution in [0, 0.1) is 6.92 Å². The molecule has 0 spiro atoms. The Kier molecular flexibility index (Phi) is 3.11. The minimum atomic E-state index is -0.645. The summed E-state index contributed by atoms with van der Waals surface area (Å²) in [6.07, 6.45) is 0. The summed E-state index contributed by atoms with van der Waals surface area (Å²) in [5.74, 6) is 0. The van der Waals surface area contributed by atoms with E-state index in [0.29, 0.717) is 17.6 Å². The van der Waals surface area contributed by atoms with Gasteiger partial charge in [-0.1, -0.05) is 0 Å². The molecule has 1 aromatic carbocycles. The van der Waals surface area contributed by atoms with Crippen molar-refractivity contribution in [1.29, 1.82) is 0 Å². The molecule has 0 fully saturated rings. The number of aryl methyl sites for hydroxylation is 1. The van der Waals surface area contributed by atoms with Crippen LogP contribution in [-0.2, 0) is 6.54 Å². The van der Waals surface area contributed by atoms with Gasteiger partial charge in [0.1, 0.15) is 0 Å². The molecule has 0 aliphatic carbocycles. The van der Waals surface area contributed by atoms with Crippen molar-refractivity contribution < 1.29 is 0 Å². The molecule has 0 radical (unpaired) electrons. The van der Waals surface area contributed by atoms with Gasteiger partial charge in [-0.2, -0.15) is 0 Å². The first-order valence-electron chi connectivity index (χ1n) is 6.03. The molecule has 0 unspecified atom stereocenters. The first kappa shape index (κ1) is 12.6. The fourth-order valence-corrected chi connectivity index (χ4v) is 2.62. The first-order valence-corrected chi connectivity index (χ1v) is 6.90. The van der Waals surface area contributed by atoms with Crippen molar-refractivity contribution in [2.24, 2.45) is 0 Å². The number of rotatable bonds is 3. The number of nitrogens with zero attached hydrogens (tertiary/aromatic N) is 1. The van der Waals surface area contributed by atoms with E-state index in [9.17, 15) is 9.59 Å². The monoisotopic (exact) mass is 288 g/mol. The molecule has 2 heterocycles. The van der Waals surface area contributed by atoms with Crippen LogP contribution in [0.25, 0.3) is 11.0 Å². The number of thiazole rings is 1. The lowest BCUT2D eigenvalue weighted by Crippen LogP contribution is -2.28. The highest BCUT2D eigenvalue weighted by Gasteiger charge is 2.03. The first-order chi connectivity index (χ1) is 9.63. The number of aromatic nitrogens is 3. The highest BCUT2D eigenvalue weighted by molar-refractivity contribution is 7.09. The second-order valence-electron chi connectivity index (χ2n) is 4.38. The predicted octanol–water partition coefficient (Wildman–Crippen LogP) is 1.59. The van der Waals surface area contributed by atoms with Crippen molar-refractivity contribution in [2.75, 3.05) is 5.32 Å². The van der Waals surface area contributed by atoms with Gasteiger partial charge in [-0.05, 0) is 25.1 Å². The number of aromatic amines is 2. The third-order valence-corrected chi connectivity index (χ3v) is 3.96. The van der Waals surface area contributed by atoms with E-state index in [2.05, 4.69) is 20.3 Å². The minimum absolute atomic E-state index is 0.598. The van der Waals surface area contributed by atoms with Gasteiger partial charge in [-0.15, -0.1) is 11.3 Å². The Labute approximate surface area is 117 Å². The van der Waals surface area contributed by atoms with Crippen molar-refractivity contribution in [3.63, 3.8) is 0 Å². The number of hydrogen-bond donors (Lipinski definition) is 3. The Bertz CT molecular complexity index is 878. The summed E-state index contributed by atoms with van der Waals surface area (Å²) >= 11 is 1.60. The number of anilines is 1. The second-order valence-corrected chi connectivity index (χ2v) is 5.32. The molecule has 3 N–H and O–H groups in total. The maximum atomic E-state index is 11.3. The molecule has 6 nitrogen and oxygen atoms in total. The van der Waals surface area contributed by atoms with Gasteiger partial charge < -0.3 is 15.3 Å². The molecular formula is C13H12N4O2S. The van der Waals surface area contributed by atoms with Gasteiger partial charge in [0.2, 0.25) is 0 Å². The summed E-state index contributed by atoms with van der Waals surface area (Å²) < 4.78 is 0. The molecular weight excluding hydrogens is 276 g/mol.